The van der Waals surface area contributed by atoms with Gasteiger partial charge in [0.2, 0.25) is 0 Å². The Hall–Kier alpha value is -2.09. The van der Waals surface area contributed by atoms with Gasteiger partial charge in [0.25, 0.3) is 0 Å². The van der Waals surface area contributed by atoms with Crippen LogP contribution in [0.4, 0.5) is 5.88 Å². The minimum atomic E-state index is -0.630. The maximum atomic E-state index is 10.9. The number of amidine groups is 1. The summed E-state index contributed by atoms with van der Waals surface area (Å²) < 4.78 is 4.98. The molecule has 7 nitrogen and oxygen atoms in total. The van der Waals surface area contributed by atoms with E-state index in [-0.39, 0.29) is 11.1 Å². The lowest BCUT2D eigenvalue weighted by Crippen LogP contribution is -2.29. The van der Waals surface area contributed by atoms with Gasteiger partial charge in [-0.3, -0.25) is 15.5 Å². The van der Waals surface area contributed by atoms with Crippen molar-refractivity contribution in [3.63, 3.8) is 0 Å². The van der Waals surface area contributed by atoms with Crippen LogP contribution in [0.1, 0.15) is 5.76 Å². The molecule has 1 aromatic rings. The average Bonchev–Trinajstić information content (AvgIpc) is 2.87. The van der Waals surface area contributed by atoms with Crippen molar-refractivity contribution in [2.45, 2.75) is 6.04 Å². The Labute approximate surface area is 106 Å². The summed E-state index contributed by atoms with van der Waals surface area (Å²) in [5.74, 6) is -0.0601. The molecule has 1 aromatic heterocycles. The molecule has 18 heavy (non-hydrogen) atoms. The largest absolute Gasteiger partial charge is 0.433 e. The lowest BCUT2D eigenvalue weighted by Gasteiger charge is -2.13. The topological polar surface area (TPSA) is 100 Å². The van der Waals surface area contributed by atoms with Crippen LogP contribution in [0.5, 0.6) is 0 Å². The Morgan fingerprint density at radius 3 is 2.89 bits per heavy atom. The lowest BCUT2D eigenvalue weighted by molar-refractivity contribution is -0.402. The van der Waals surface area contributed by atoms with Gasteiger partial charge in [-0.15, -0.1) is 0 Å². The van der Waals surface area contributed by atoms with Gasteiger partial charge in [0.05, 0.1) is 6.07 Å². The molecule has 2 rings (SSSR count). The molecule has 0 aliphatic carbocycles. The summed E-state index contributed by atoms with van der Waals surface area (Å²) in [5.41, 5.74) is 0. The Kier molecular flexibility index (Phi) is 3.19. The third-order valence-corrected chi connectivity index (χ3v) is 3.53. The van der Waals surface area contributed by atoms with E-state index in [4.69, 9.17) is 9.83 Å². The highest BCUT2D eigenvalue weighted by molar-refractivity contribution is 8.17. The smallest absolute Gasteiger partial charge is 0.401 e. The van der Waals surface area contributed by atoms with E-state index in [2.05, 4.69) is 0 Å². The first kappa shape index (κ1) is 12.4. The van der Waals surface area contributed by atoms with Gasteiger partial charge < -0.3 is 14.1 Å². The molecule has 1 saturated heterocycles. The van der Waals surface area contributed by atoms with E-state index in [0.717, 1.165) is 18.0 Å². The maximum Gasteiger partial charge on any atom is 0.433 e. The number of nitrogens with zero attached hydrogens (tertiary/aromatic N) is 2. The third kappa shape index (κ3) is 2.14. The fourth-order valence-electron chi connectivity index (χ4n) is 1.49. The van der Waals surface area contributed by atoms with E-state index in [1.165, 1.54) is 23.1 Å². The van der Waals surface area contributed by atoms with Crippen LogP contribution in [0.3, 0.4) is 0 Å². The van der Waals surface area contributed by atoms with Crippen molar-refractivity contribution in [3.05, 3.63) is 32.9 Å². The van der Waals surface area contributed by atoms with Crippen molar-refractivity contribution in [3.8, 4) is 0 Å². The van der Waals surface area contributed by atoms with Crippen molar-refractivity contribution in [2.75, 3.05) is 7.05 Å². The summed E-state index contributed by atoms with van der Waals surface area (Å²) in [6, 6.07) is 2.17. The van der Waals surface area contributed by atoms with Crippen LogP contribution >= 0.6 is 11.8 Å². The van der Waals surface area contributed by atoms with Crippen molar-refractivity contribution >= 4 is 35.2 Å². The Morgan fingerprint density at radius 2 is 2.33 bits per heavy atom. The Morgan fingerprint density at radius 1 is 1.61 bits per heavy atom. The zero-order valence-corrected chi connectivity index (χ0v) is 10.1. The Balaban J connectivity index is 2.29. The summed E-state index contributed by atoms with van der Waals surface area (Å²) in [4.78, 5) is 22.9. The zero-order valence-electron chi connectivity index (χ0n) is 9.32. The molecule has 1 N–H and O–H groups in total. The first-order chi connectivity index (χ1) is 8.52. The number of furan rings is 1. The average molecular weight is 267 g/mol. The molecule has 0 saturated carbocycles. The molecular formula is C10H9N3O4S. The van der Waals surface area contributed by atoms with Gasteiger partial charge in [-0.2, -0.15) is 0 Å². The molecule has 0 spiro atoms. The monoisotopic (exact) mass is 267 g/mol. The summed E-state index contributed by atoms with van der Waals surface area (Å²) in [5, 5.41) is 18.3. The fourth-order valence-corrected chi connectivity index (χ4v) is 2.48. The summed E-state index contributed by atoms with van der Waals surface area (Å²) >= 11 is 1.13. The van der Waals surface area contributed by atoms with Crippen LogP contribution in [0.2, 0.25) is 0 Å². The number of rotatable bonds is 3. The van der Waals surface area contributed by atoms with E-state index in [1.54, 1.807) is 7.05 Å². The van der Waals surface area contributed by atoms with E-state index >= 15 is 0 Å². The third-order valence-electron chi connectivity index (χ3n) is 2.45. The fraction of sp³-hybridized carbons (Fsp3) is 0.200. The number of likely N-dealkylation sites (N-methyl/N-ethyl adjacent to an activating group) is 1. The highest BCUT2D eigenvalue weighted by Gasteiger charge is 2.31. The van der Waals surface area contributed by atoms with Gasteiger partial charge in [0.15, 0.2) is 5.17 Å². The molecule has 1 aliphatic rings. The summed E-state index contributed by atoms with van der Waals surface area (Å²) in [6.45, 7) is 0. The van der Waals surface area contributed by atoms with Crippen LogP contribution in [0.15, 0.2) is 21.5 Å². The van der Waals surface area contributed by atoms with Gasteiger partial charge >= 0.3 is 5.88 Å². The number of hydrogen-bond donors (Lipinski definition) is 1. The number of carbonyl (C=O) groups excluding carboxylic acids is 1. The number of nitrogens with one attached hydrogen (secondary N) is 1. The quantitative estimate of drug-likeness (QED) is 0.508. The van der Waals surface area contributed by atoms with Crippen LogP contribution < -0.4 is 0 Å². The number of thioether (sulfide) groups is 1. The molecule has 0 bridgehead atoms. The van der Waals surface area contributed by atoms with Crippen LogP contribution in [-0.2, 0) is 4.79 Å². The second-order valence-corrected chi connectivity index (χ2v) is 4.64. The highest BCUT2D eigenvalue weighted by Crippen LogP contribution is 2.34. The molecule has 8 heteroatoms. The van der Waals surface area contributed by atoms with Crippen LogP contribution in [0, 0.1) is 15.5 Å². The second-order valence-electron chi connectivity index (χ2n) is 3.58. The zero-order chi connectivity index (χ0) is 13.3. The minimum Gasteiger partial charge on any atom is -0.401 e. The highest BCUT2D eigenvalue weighted by atomic mass is 32.2. The number of aldehydes is 1. The molecule has 0 radical (unpaired) electrons. The van der Waals surface area contributed by atoms with Crippen LogP contribution in [-0.4, -0.2) is 34.4 Å². The van der Waals surface area contributed by atoms with Gasteiger partial charge in [-0.05, 0) is 12.1 Å². The normalized spacial score (nSPS) is 21.6. The van der Waals surface area contributed by atoms with Gasteiger partial charge in [-0.1, -0.05) is 11.8 Å². The van der Waals surface area contributed by atoms with Crippen molar-refractivity contribution < 1.29 is 14.1 Å². The van der Waals surface area contributed by atoms with Crippen LogP contribution in [0.25, 0.3) is 6.08 Å². The molecule has 1 aliphatic heterocycles. The van der Waals surface area contributed by atoms with Crippen molar-refractivity contribution in [1.29, 1.82) is 5.41 Å². The second kappa shape index (κ2) is 4.65. The van der Waals surface area contributed by atoms with Gasteiger partial charge in [0, 0.05) is 12.0 Å². The van der Waals surface area contributed by atoms with E-state index in [1.807, 2.05) is 0 Å². The molecule has 0 amide bonds. The molecule has 94 valence electrons. The molecule has 2 heterocycles. The number of carbonyl (C=O) groups is 1. The predicted molar refractivity (Wildman–Crippen MR) is 66.3 cm³/mol. The standard InChI is InChI=1S/C10H9N3O4S/c1-12-7(5-14)8(18-10(12)11)4-6-2-3-9(17-6)13(15)16/h2-5,7,11H,1H3. The maximum absolute atomic E-state index is 10.9. The van der Waals surface area contributed by atoms with E-state index in [0.29, 0.717) is 10.7 Å². The van der Waals surface area contributed by atoms with Gasteiger partial charge in [0.1, 0.15) is 23.0 Å². The molecule has 1 fully saturated rings. The molecule has 1 atom stereocenters. The molecule has 1 unspecified atom stereocenters. The SMILES string of the molecule is CN1C(=N)SC(=Cc2ccc([N+](=O)[O-])o2)C1C=O. The number of hydrogen-bond acceptors (Lipinski definition) is 6. The first-order valence-electron chi connectivity index (χ1n) is 4.93. The van der Waals surface area contributed by atoms with Crippen molar-refractivity contribution in [1.82, 2.24) is 4.90 Å². The van der Waals surface area contributed by atoms with Crippen molar-refractivity contribution in [2.24, 2.45) is 0 Å². The van der Waals surface area contributed by atoms with E-state index in [9.17, 15) is 14.9 Å². The summed E-state index contributed by atoms with van der Waals surface area (Å²) in [6.07, 6.45) is 2.26. The van der Waals surface area contributed by atoms with E-state index < -0.39 is 11.0 Å². The van der Waals surface area contributed by atoms with Gasteiger partial charge in [-0.25, -0.2) is 0 Å². The molecule has 0 aromatic carbocycles. The molecular weight excluding hydrogens is 258 g/mol. The minimum absolute atomic E-state index is 0.249. The summed E-state index contributed by atoms with van der Waals surface area (Å²) in [7, 11) is 1.64. The first-order valence-corrected chi connectivity index (χ1v) is 5.75. The number of nitro groups is 1. The predicted octanol–water partition coefficient (Wildman–Crippen LogP) is 1.71. The lowest BCUT2D eigenvalue weighted by atomic mass is 10.2. The Bertz CT molecular complexity index is 551.